The highest BCUT2D eigenvalue weighted by molar-refractivity contribution is 6.20. The summed E-state index contributed by atoms with van der Waals surface area (Å²) < 4.78 is 0. The lowest BCUT2D eigenvalue weighted by atomic mass is 9.78. The number of aryl methyl sites for hydroxylation is 1. The Bertz CT molecular complexity index is 504. The fourth-order valence-corrected chi connectivity index (χ4v) is 2.80. The van der Waals surface area contributed by atoms with Gasteiger partial charge in [0, 0.05) is 12.1 Å². The lowest BCUT2D eigenvalue weighted by molar-refractivity contribution is -0.116. The monoisotopic (exact) mass is 293 g/mol. The molecule has 1 aliphatic heterocycles. The zero-order chi connectivity index (χ0) is 14.9. The standard InChI is InChI=1S/C17H24ClNO/c1-11(17(2,3)4)9-14(18)12-5-7-15-13(10-12)6-8-16(20)19-15/h5,7,10-11,14H,6,8-9H2,1-4H3,(H,19,20). The molecule has 0 saturated heterocycles. The second-order valence-corrected chi connectivity index (χ2v) is 7.46. The summed E-state index contributed by atoms with van der Waals surface area (Å²) in [7, 11) is 0. The minimum atomic E-state index is 0.0344. The van der Waals surface area contributed by atoms with Gasteiger partial charge in [0.15, 0.2) is 0 Å². The first-order valence-corrected chi connectivity index (χ1v) is 7.78. The van der Waals surface area contributed by atoms with Crippen molar-refractivity contribution in [3.8, 4) is 0 Å². The van der Waals surface area contributed by atoms with Crippen LogP contribution in [0.3, 0.4) is 0 Å². The van der Waals surface area contributed by atoms with E-state index in [2.05, 4.69) is 39.1 Å². The first-order chi connectivity index (χ1) is 9.27. The van der Waals surface area contributed by atoms with E-state index in [0.717, 1.165) is 24.1 Å². The lowest BCUT2D eigenvalue weighted by Crippen LogP contribution is -2.20. The van der Waals surface area contributed by atoms with Crippen LogP contribution in [0.1, 0.15) is 57.0 Å². The van der Waals surface area contributed by atoms with Gasteiger partial charge in [0.2, 0.25) is 5.91 Å². The molecule has 3 heteroatoms. The van der Waals surface area contributed by atoms with Crippen molar-refractivity contribution in [3.63, 3.8) is 0 Å². The van der Waals surface area contributed by atoms with Gasteiger partial charge < -0.3 is 5.32 Å². The molecule has 0 fully saturated rings. The first-order valence-electron chi connectivity index (χ1n) is 7.34. The summed E-state index contributed by atoms with van der Waals surface area (Å²) in [6.07, 6.45) is 2.35. The Morgan fingerprint density at radius 1 is 1.30 bits per heavy atom. The number of anilines is 1. The maximum Gasteiger partial charge on any atom is 0.224 e. The fourth-order valence-electron chi connectivity index (χ4n) is 2.40. The molecule has 2 nitrogen and oxygen atoms in total. The summed E-state index contributed by atoms with van der Waals surface area (Å²) in [5, 5.41) is 2.94. The van der Waals surface area contributed by atoms with Crippen LogP contribution in [-0.2, 0) is 11.2 Å². The molecule has 2 atom stereocenters. The van der Waals surface area contributed by atoms with Gasteiger partial charge in [0.1, 0.15) is 0 Å². The number of alkyl halides is 1. The predicted molar refractivity (Wildman–Crippen MR) is 85.2 cm³/mol. The molecule has 0 spiro atoms. The zero-order valence-electron chi connectivity index (χ0n) is 12.8. The van der Waals surface area contributed by atoms with E-state index in [1.165, 1.54) is 5.56 Å². The van der Waals surface area contributed by atoms with Crippen molar-refractivity contribution < 1.29 is 4.79 Å². The van der Waals surface area contributed by atoms with Gasteiger partial charge in [0.25, 0.3) is 0 Å². The van der Waals surface area contributed by atoms with Crippen LogP contribution in [0, 0.1) is 11.3 Å². The van der Waals surface area contributed by atoms with Crippen LogP contribution < -0.4 is 5.32 Å². The van der Waals surface area contributed by atoms with Crippen molar-refractivity contribution in [1.82, 2.24) is 0 Å². The van der Waals surface area contributed by atoms with Crippen molar-refractivity contribution in [1.29, 1.82) is 0 Å². The number of amides is 1. The minimum Gasteiger partial charge on any atom is -0.326 e. The molecule has 0 bridgehead atoms. The summed E-state index contributed by atoms with van der Waals surface area (Å²) in [6, 6.07) is 6.18. The van der Waals surface area contributed by atoms with E-state index >= 15 is 0 Å². The molecule has 1 aromatic carbocycles. The smallest absolute Gasteiger partial charge is 0.224 e. The number of carbonyl (C=O) groups is 1. The van der Waals surface area contributed by atoms with Gasteiger partial charge in [-0.15, -0.1) is 11.6 Å². The highest BCUT2D eigenvalue weighted by atomic mass is 35.5. The summed E-state index contributed by atoms with van der Waals surface area (Å²) in [5.41, 5.74) is 3.58. The van der Waals surface area contributed by atoms with E-state index in [9.17, 15) is 4.79 Å². The predicted octanol–water partition coefficient (Wildman–Crippen LogP) is 4.92. The molecule has 1 aliphatic rings. The minimum absolute atomic E-state index is 0.0344. The quantitative estimate of drug-likeness (QED) is 0.787. The van der Waals surface area contributed by atoms with Crippen molar-refractivity contribution >= 4 is 23.2 Å². The number of hydrogen-bond acceptors (Lipinski definition) is 1. The number of halogens is 1. The third-order valence-corrected chi connectivity index (χ3v) is 4.86. The molecule has 20 heavy (non-hydrogen) atoms. The van der Waals surface area contributed by atoms with E-state index < -0.39 is 0 Å². The Morgan fingerprint density at radius 3 is 2.65 bits per heavy atom. The highest BCUT2D eigenvalue weighted by Gasteiger charge is 2.24. The van der Waals surface area contributed by atoms with Crippen molar-refractivity contribution in [2.45, 2.75) is 52.3 Å². The van der Waals surface area contributed by atoms with Gasteiger partial charge in [-0.1, -0.05) is 39.8 Å². The normalized spacial score (nSPS) is 18.1. The average Bonchev–Trinajstić information content (AvgIpc) is 2.36. The molecule has 1 heterocycles. The van der Waals surface area contributed by atoms with E-state index in [1.54, 1.807) is 0 Å². The first kappa shape index (κ1) is 15.4. The number of hydrogen-bond donors (Lipinski definition) is 1. The largest absolute Gasteiger partial charge is 0.326 e. The molecule has 2 unspecified atom stereocenters. The molecular weight excluding hydrogens is 270 g/mol. The van der Waals surface area contributed by atoms with Crippen LogP contribution in [-0.4, -0.2) is 5.91 Å². The van der Waals surface area contributed by atoms with Gasteiger partial charge in [-0.3, -0.25) is 4.79 Å². The molecule has 0 radical (unpaired) electrons. The van der Waals surface area contributed by atoms with Crippen LogP contribution in [0.4, 0.5) is 5.69 Å². The Morgan fingerprint density at radius 2 is 2.00 bits per heavy atom. The van der Waals surface area contributed by atoms with Crippen molar-refractivity contribution in [2.75, 3.05) is 5.32 Å². The Labute approximate surface area is 126 Å². The number of carbonyl (C=O) groups excluding carboxylic acids is 1. The third-order valence-electron chi connectivity index (χ3n) is 4.43. The summed E-state index contributed by atoms with van der Waals surface area (Å²) >= 11 is 6.59. The van der Waals surface area contributed by atoms with E-state index in [1.807, 2.05) is 12.1 Å². The van der Waals surface area contributed by atoms with Gasteiger partial charge >= 0.3 is 0 Å². The zero-order valence-corrected chi connectivity index (χ0v) is 13.6. The average molecular weight is 294 g/mol. The second kappa shape index (κ2) is 5.77. The van der Waals surface area contributed by atoms with Crippen molar-refractivity contribution in [3.05, 3.63) is 29.3 Å². The molecule has 1 amide bonds. The SMILES string of the molecule is CC(CC(Cl)c1ccc2c(c1)CCC(=O)N2)C(C)(C)C. The second-order valence-electron chi connectivity index (χ2n) is 6.94. The number of fused-ring (bicyclic) bond motifs is 1. The number of rotatable bonds is 3. The molecule has 2 rings (SSSR count). The molecule has 1 aromatic rings. The van der Waals surface area contributed by atoms with E-state index in [0.29, 0.717) is 12.3 Å². The topological polar surface area (TPSA) is 29.1 Å². The summed E-state index contributed by atoms with van der Waals surface area (Å²) in [5.74, 6) is 0.662. The van der Waals surface area contributed by atoms with Crippen LogP contribution in [0.5, 0.6) is 0 Å². The molecular formula is C17H24ClNO. The van der Waals surface area contributed by atoms with Crippen LogP contribution in [0.15, 0.2) is 18.2 Å². The molecule has 0 aromatic heterocycles. The third kappa shape index (κ3) is 3.54. The highest BCUT2D eigenvalue weighted by Crippen LogP contribution is 2.37. The number of benzene rings is 1. The fraction of sp³-hybridized carbons (Fsp3) is 0.588. The molecule has 110 valence electrons. The molecule has 0 aliphatic carbocycles. The number of nitrogens with one attached hydrogen (secondary N) is 1. The Balaban J connectivity index is 2.12. The Hall–Kier alpha value is -1.02. The summed E-state index contributed by atoms with van der Waals surface area (Å²) in [4.78, 5) is 11.4. The van der Waals surface area contributed by atoms with E-state index in [4.69, 9.17) is 11.6 Å². The maximum atomic E-state index is 11.4. The lowest BCUT2D eigenvalue weighted by Gasteiger charge is -2.29. The van der Waals surface area contributed by atoms with Gasteiger partial charge in [-0.25, -0.2) is 0 Å². The van der Waals surface area contributed by atoms with Gasteiger partial charge in [-0.2, -0.15) is 0 Å². The summed E-state index contributed by atoms with van der Waals surface area (Å²) in [6.45, 7) is 9.02. The van der Waals surface area contributed by atoms with Crippen LogP contribution in [0.25, 0.3) is 0 Å². The van der Waals surface area contributed by atoms with E-state index in [-0.39, 0.29) is 16.7 Å². The van der Waals surface area contributed by atoms with Crippen molar-refractivity contribution in [2.24, 2.45) is 11.3 Å². The molecule has 0 saturated carbocycles. The van der Waals surface area contributed by atoms with Gasteiger partial charge in [0.05, 0.1) is 5.38 Å². The van der Waals surface area contributed by atoms with Gasteiger partial charge in [-0.05, 0) is 41.4 Å². The van der Waals surface area contributed by atoms with Crippen LogP contribution in [0.2, 0.25) is 0 Å². The Kier molecular flexibility index (Phi) is 4.43. The maximum absolute atomic E-state index is 11.4. The van der Waals surface area contributed by atoms with Crippen LogP contribution >= 0.6 is 11.6 Å². The molecule has 1 N–H and O–H groups in total.